The van der Waals surface area contributed by atoms with Crippen molar-refractivity contribution in [2.45, 2.75) is 26.7 Å². The molecule has 3 nitrogen and oxygen atoms in total. The fraction of sp³-hybridized carbons (Fsp3) is 0.455. The Morgan fingerprint density at radius 3 is 2.13 bits per heavy atom. The molecular weight excluding hydrogens is 210 g/mol. The van der Waals surface area contributed by atoms with Crippen molar-refractivity contribution in [2.75, 3.05) is 10.5 Å². The molecule has 0 aliphatic rings. The van der Waals surface area contributed by atoms with E-state index >= 15 is 0 Å². The van der Waals surface area contributed by atoms with E-state index in [1.54, 1.807) is 19.1 Å². The van der Waals surface area contributed by atoms with Gasteiger partial charge in [-0.25, -0.2) is 8.42 Å². The van der Waals surface area contributed by atoms with Crippen LogP contribution < -0.4 is 4.72 Å². The average Bonchev–Trinajstić information content (AvgIpc) is 2.18. The standard InChI is InChI=1S/C11H17NO2S/c1-4-15(13,14)12-11-7-5-10(6-8-11)9(2)3/h5-9,12H,4H2,1-3H3. The normalized spacial score (nSPS) is 11.7. The number of rotatable bonds is 4. The maximum atomic E-state index is 11.3. The number of hydrogen-bond donors (Lipinski definition) is 1. The van der Waals surface area contributed by atoms with E-state index in [-0.39, 0.29) is 5.75 Å². The van der Waals surface area contributed by atoms with Crippen LogP contribution in [0.2, 0.25) is 0 Å². The second-order valence-corrected chi connectivity index (χ2v) is 5.79. The molecule has 4 heteroatoms. The highest BCUT2D eigenvalue weighted by Gasteiger charge is 2.06. The Morgan fingerprint density at radius 2 is 1.73 bits per heavy atom. The minimum atomic E-state index is -3.16. The predicted octanol–water partition coefficient (Wildman–Crippen LogP) is 2.57. The highest BCUT2D eigenvalue weighted by molar-refractivity contribution is 7.92. The third kappa shape index (κ3) is 3.55. The quantitative estimate of drug-likeness (QED) is 0.859. The Balaban J connectivity index is 2.82. The summed E-state index contributed by atoms with van der Waals surface area (Å²) in [5, 5.41) is 0. The monoisotopic (exact) mass is 227 g/mol. The van der Waals surface area contributed by atoms with Gasteiger partial charge in [0, 0.05) is 5.69 Å². The van der Waals surface area contributed by atoms with Crippen molar-refractivity contribution in [3.05, 3.63) is 29.8 Å². The minimum absolute atomic E-state index is 0.0962. The van der Waals surface area contributed by atoms with Gasteiger partial charge in [-0.3, -0.25) is 4.72 Å². The lowest BCUT2D eigenvalue weighted by Gasteiger charge is -2.08. The summed E-state index contributed by atoms with van der Waals surface area (Å²) in [5.74, 6) is 0.556. The molecule has 1 rings (SSSR count). The molecule has 1 aromatic carbocycles. The molecule has 84 valence electrons. The van der Waals surface area contributed by atoms with Gasteiger partial charge >= 0.3 is 0 Å². The smallest absolute Gasteiger partial charge is 0.232 e. The first kappa shape index (κ1) is 12.0. The van der Waals surface area contributed by atoms with Crippen LogP contribution in [-0.4, -0.2) is 14.2 Å². The molecule has 0 aromatic heterocycles. The molecule has 0 amide bonds. The predicted molar refractivity (Wildman–Crippen MR) is 63.6 cm³/mol. The first-order chi connectivity index (χ1) is 6.94. The summed E-state index contributed by atoms with van der Waals surface area (Å²) in [7, 11) is -3.16. The Kier molecular flexibility index (Phi) is 3.74. The van der Waals surface area contributed by atoms with Crippen LogP contribution >= 0.6 is 0 Å². The minimum Gasteiger partial charge on any atom is -0.284 e. The molecule has 0 saturated carbocycles. The summed E-state index contributed by atoms with van der Waals surface area (Å²) in [6.07, 6.45) is 0. The average molecular weight is 227 g/mol. The van der Waals surface area contributed by atoms with Gasteiger partial charge in [-0.2, -0.15) is 0 Å². The van der Waals surface area contributed by atoms with E-state index in [4.69, 9.17) is 0 Å². The largest absolute Gasteiger partial charge is 0.284 e. The van der Waals surface area contributed by atoms with Gasteiger partial charge in [0.15, 0.2) is 0 Å². The number of benzene rings is 1. The lowest BCUT2D eigenvalue weighted by molar-refractivity contribution is 0.602. The Labute approximate surface area is 91.6 Å². The van der Waals surface area contributed by atoms with E-state index in [2.05, 4.69) is 18.6 Å². The van der Waals surface area contributed by atoms with Crippen LogP contribution in [0, 0.1) is 0 Å². The number of nitrogens with one attached hydrogen (secondary N) is 1. The molecule has 0 spiro atoms. The number of anilines is 1. The van der Waals surface area contributed by atoms with Gasteiger partial charge in [0.2, 0.25) is 10.0 Å². The van der Waals surface area contributed by atoms with Crippen molar-refractivity contribution in [2.24, 2.45) is 0 Å². The van der Waals surface area contributed by atoms with Crippen LogP contribution in [0.15, 0.2) is 24.3 Å². The SMILES string of the molecule is CCS(=O)(=O)Nc1ccc(C(C)C)cc1. The summed E-state index contributed by atoms with van der Waals surface area (Å²) in [6, 6.07) is 7.47. The molecule has 15 heavy (non-hydrogen) atoms. The van der Waals surface area contributed by atoms with E-state index in [1.165, 1.54) is 5.56 Å². The van der Waals surface area contributed by atoms with Crippen molar-refractivity contribution in [3.8, 4) is 0 Å². The first-order valence-electron chi connectivity index (χ1n) is 5.05. The van der Waals surface area contributed by atoms with Gasteiger partial charge in [-0.05, 0) is 30.5 Å². The highest BCUT2D eigenvalue weighted by Crippen LogP contribution is 2.17. The zero-order valence-electron chi connectivity index (χ0n) is 9.32. The van der Waals surface area contributed by atoms with Crippen LogP contribution in [-0.2, 0) is 10.0 Å². The van der Waals surface area contributed by atoms with Gasteiger partial charge in [0.05, 0.1) is 5.75 Å². The maximum absolute atomic E-state index is 11.3. The fourth-order valence-corrected chi connectivity index (χ4v) is 1.83. The summed E-state index contributed by atoms with van der Waals surface area (Å²) >= 11 is 0. The third-order valence-electron chi connectivity index (χ3n) is 2.23. The fourth-order valence-electron chi connectivity index (χ4n) is 1.19. The first-order valence-corrected chi connectivity index (χ1v) is 6.70. The second kappa shape index (κ2) is 4.66. The Bertz CT molecular complexity index is 407. The van der Waals surface area contributed by atoms with Gasteiger partial charge in [-0.1, -0.05) is 26.0 Å². The molecule has 0 heterocycles. The summed E-state index contributed by atoms with van der Waals surface area (Å²) < 4.78 is 25.1. The van der Waals surface area contributed by atoms with E-state index in [0.717, 1.165) is 0 Å². The van der Waals surface area contributed by atoms with Crippen molar-refractivity contribution < 1.29 is 8.42 Å². The molecule has 1 aromatic rings. The maximum Gasteiger partial charge on any atom is 0.232 e. The van der Waals surface area contributed by atoms with Crippen LogP contribution in [0.5, 0.6) is 0 Å². The van der Waals surface area contributed by atoms with Crippen LogP contribution in [0.25, 0.3) is 0 Å². The molecular formula is C11H17NO2S. The molecule has 0 atom stereocenters. The van der Waals surface area contributed by atoms with Crippen molar-refractivity contribution in [3.63, 3.8) is 0 Å². The van der Waals surface area contributed by atoms with Crippen LogP contribution in [0.1, 0.15) is 32.3 Å². The van der Waals surface area contributed by atoms with Crippen molar-refractivity contribution in [1.82, 2.24) is 0 Å². The summed E-state index contributed by atoms with van der Waals surface area (Å²) in [5.41, 5.74) is 1.83. The van der Waals surface area contributed by atoms with Crippen LogP contribution in [0.4, 0.5) is 5.69 Å². The third-order valence-corrected chi connectivity index (χ3v) is 3.54. The van der Waals surface area contributed by atoms with Crippen LogP contribution in [0.3, 0.4) is 0 Å². The number of hydrogen-bond acceptors (Lipinski definition) is 2. The van der Waals surface area contributed by atoms with Gasteiger partial charge in [0.1, 0.15) is 0 Å². The molecule has 1 N–H and O–H groups in total. The van der Waals surface area contributed by atoms with Crippen molar-refractivity contribution >= 4 is 15.7 Å². The zero-order valence-corrected chi connectivity index (χ0v) is 10.1. The van der Waals surface area contributed by atoms with Crippen molar-refractivity contribution in [1.29, 1.82) is 0 Å². The molecule has 0 saturated heterocycles. The lowest BCUT2D eigenvalue weighted by atomic mass is 10.0. The summed E-state index contributed by atoms with van der Waals surface area (Å²) in [6.45, 7) is 5.82. The van der Waals surface area contributed by atoms with Gasteiger partial charge < -0.3 is 0 Å². The van der Waals surface area contributed by atoms with Gasteiger partial charge in [-0.15, -0.1) is 0 Å². The summed E-state index contributed by atoms with van der Waals surface area (Å²) in [4.78, 5) is 0. The molecule has 0 fully saturated rings. The van der Waals surface area contributed by atoms with E-state index < -0.39 is 10.0 Å². The molecule has 0 radical (unpaired) electrons. The van der Waals surface area contributed by atoms with E-state index in [9.17, 15) is 8.42 Å². The topological polar surface area (TPSA) is 46.2 Å². The highest BCUT2D eigenvalue weighted by atomic mass is 32.2. The molecule has 0 bridgehead atoms. The Morgan fingerprint density at radius 1 is 1.20 bits per heavy atom. The van der Waals surface area contributed by atoms with Gasteiger partial charge in [0.25, 0.3) is 0 Å². The van der Waals surface area contributed by atoms with E-state index in [1.807, 2.05) is 12.1 Å². The second-order valence-electron chi connectivity index (χ2n) is 3.78. The lowest BCUT2D eigenvalue weighted by Crippen LogP contribution is -2.14. The molecule has 0 aliphatic heterocycles. The molecule has 0 aliphatic carbocycles. The zero-order chi connectivity index (χ0) is 11.5. The molecule has 0 unspecified atom stereocenters. The Hall–Kier alpha value is -1.03. The van der Waals surface area contributed by atoms with E-state index in [0.29, 0.717) is 11.6 Å². The number of sulfonamides is 1.